The SMILES string of the molecule is CCCNC(c1cnn(C)c1)c1cc(F)ccc1C. The van der Waals surface area contributed by atoms with Crippen molar-refractivity contribution in [2.75, 3.05) is 6.54 Å². The Bertz CT molecular complexity index is 548. The number of aromatic nitrogens is 2. The molecule has 19 heavy (non-hydrogen) atoms. The van der Waals surface area contributed by atoms with Crippen LogP contribution in [0.5, 0.6) is 0 Å². The van der Waals surface area contributed by atoms with Crippen molar-refractivity contribution in [2.24, 2.45) is 7.05 Å². The molecule has 0 aliphatic carbocycles. The number of aryl methyl sites for hydroxylation is 2. The van der Waals surface area contributed by atoms with Crippen LogP contribution in [-0.4, -0.2) is 16.3 Å². The van der Waals surface area contributed by atoms with E-state index < -0.39 is 0 Å². The molecule has 1 aromatic heterocycles. The lowest BCUT2D eigenvalue weighted by atomic mass is 9.97. The summed E-state index contributed by atoms with van der Waals surface area (Å²) in [6, 6.07) is 4.92. The van der Waals surface area contributed by atoms with E-state index in [0.29, 0.717) is 0 Å². The molecular formula is C15H20FN3. The third-order valence-electron chi connectivity index (χ3n) is 3.21. The highest BCUT2D eigenvalue weighted by molar-refractivity contribution is 5.35. The van der Waals surface area contributed by atoms with Gasteiger partial charge < -0.3 is 5.32 Å². The zero-order chi connectivity index (χ0) is 13.8. The van der Waals surface area contributed by atoms with E-state index in [1.807, 2.05) is 32.4 Å². The van der Waals surface area contributed by atoms with Crippen LogP contribution in [0.3, 0.4) is 0 Å². The third kappa shape index (κ3) is 3.20. The molecule has 0 fully saturated rings. The van der Waals surface area contributed by atoms with Crippen molar-refractivity contribution < 1.29 is 4.39 Å². The van der Waals surface area contributed by atoms with E-state index in [2.05, 4.69) is 17.3 Å². The molecule has 4 heteroatoms. The van der Waals surface area contributed by atoms with E-state index in [0.717, 1.165) is 29.7 Å². The summed E-state index contributed by atoms with van der Waals surface area (Å²) in [5.41, 5.74) is 3.12. The van der Waals surface area contributed by atoms with E-state index in [9.17, 15) is 4.39 Å². The zero-order valence-electron chi connectivity index (χ0n) is 11.7. The average Bonchev–Trinajstić information content (AvgIpc) is 2.80. The van der Waals surface area contributed by atoms with Gasteiger partial charge in [0, 0.05) is 18.8 Å². The first-order chi connectivity index (χ1) is 9.11. The molecule has 1 heterocycles. The molecular weight excluding hydrogens is 241 g/mol. The monoisotopic (exact) mass is 261 g/mol. The van der Waals surface area contributed by atoms with Gasteiger partial charge in [-0.15, -0.1) is 0 Å². The smallest absolute Gasteiger partial charge is 0.123 e. The topological polar surface area (TPSA) is 29.9 Å². The van der Waals surface area contributed by atoms with Crippen molar-refractivity contribution >= 4 is 0 Å². The molecule has 2 rings (SSSR count). The van der Waals surface area contributed by atoms with Gasteiger partial charge in [-0.05, 0) is 43.1 Å². The third-order valence-corrected chi connectivity index (χ3v) is 3.21. The highest BCUT2D eigenvalue weighted by atomic mass is 19.1. The lowest BCUT2D eigenvalue weighted by Gasteiger charge is -2.19. The second-order valence-electron chi connectivity index (χ2n) is 4.84. The van der Waals surface area contributed by atoms with E-state index in [1.165, 1.54) is 6.07 Å². The van der Waals surface area contributed by atoms with Crippen molar-refractivity contribution in [3.8, 4) is 0 Å². The molecule has 3 nitrogen and oxygen atoms in total. The number of benzene rings is 1. The minimum absolute atomic E-state index is 0.00986. The minimum atomic E-state index is -0.201. The molecule has 0 bridgehead atoms. The van der Waals surface area contributed by atoms with Crippen molar-refractivity contribution in [2.45, 2.75) is 26.3 Å². The summed E-state index contributed by atoms with van der Waals surface area (Å²) in [6.07, 6.45) is 4.83. The molecule has 0 saturated carbocycles. The Kier molecular flexibility index (Phi) is 4.32. The maximum atomic E-state index is 13.5. The fourth-order valence-corrected chi connectivity index (χ4v) is 2.21. The predicted molar refractivity (Wildman–Crippen MR) is 74.5 cm³/mol. The summed E-state index contributed by atoms with van der Waals surface area (Å²) in [5.74, 6) is -0.201. The zero-order valence-corrected chi connectivity index (χ0v) is 11.7. The average molecular weight is 261 g/mol. The van der Waals surface area contributed by atoms with Gasteiger partial charge in [0.1, 0.15) is 5.82 Å². The van der Waals surface area contributed by atoms with Gasteiger partial charge in [0.25, 0.3) is 0 Å². The van der Waals surface area contributed by atoms with Gasteiger partial charge in [0.2, 0.25) is 0 Å². The van der Waals surface area contributed by atoms with Gasteiger partial charge in [0.05, 0.1) is 12.2 Å². The van der Waals surface area contributed by atoms with Crippen molar-refractivity contribution in [1.82, 2.24) is 15.1 Å². The van der Waals surface area contributed by atoms with Crippen molar-refractivity contribution in [3.05, 3.63) is 53.1 Å². The molecule has 1 atom stereocenters. The summed E-state index contributed by atoms with van der Waals surface area (Å²) in [5, 5.41) is 7.67. The largest absolute Gasteiger partial charge is 0.306 e. The molecule has 0 spiro atoms. The van der Waals surface area contributed by atoms with Crippen LogP contribution in [0.2, 0.25) is 0 Å². The van der Waals surface area contributed by atoms with Crippen LogP contribution in [0.4, 0.5) is 4.39 Å². The maximum absolute atomic E-state index is 13.5. The second kappa shape index (κ2) is 5.97. The Morgan fingerprint density at radius 1 is 1.42 bits per heavy atom. The molecule has 2 aromatic rings. The fourth-order valence-electron chi connectivity index (χ4n) is 2.21. The highest BCUT2D eigenvalue weighted by Crippen LogP contribution is 2.25. The van der Waals surface area contributed by atoms with Crippen LogP contribution in [0.1, 0.15) is 36.1 Å². The van der Waals surface area contributed by atoms with Gasteiger partial charge in [-0.2, -0.15) is 5.10 Å². The van der Waals surface area contributed by atoms with E-state index in [1.54, 1.807) is 10.7 Å². The molecule has 0 amide bonds. The lowest BCUT2D eigenvalue weighted by molar-refractivity contribution is 0.582. The molecule has 1 N–H and O–H groups in total. The maximum Gasteiger partial charge on any atom is 0.123 e. The van der Waals surface area contributed by atoms with Gasteiger partial charge >= 0.3 is 0 Å². The van der Waals surface area contributed by atoms with Gasteiger partial charge in [0.15, 0.2) is 0 Å². The van der Waals surface area contributed by atoms with Crippen molar-refractivity contribution in [1.29, 1.82) is 0 Å². The normalized spacial score (nSPS) is 12.6. The van der Waals surface area contributed by atoms with Crippen LogP contribution >= 0.6 is 0 Å². The Morgan fingerprint density at radius 2 is 2.21 bits per heavy atom. The summed E-state index contributed by atoms with van der Waals surface area (Å²) < 4.78 is 15.3. The van der Waals surface area contributed by atoms with Crippen LogP contribution in [-0.2, 0) is 7.05 Å². The Morgan fingerprint density at radius 3 is 2.84 bits per heavy atom. The number of hydrogen-bond acceptors (Lipinski definition) is 2. The highest BCUT2D eigenvalue weighted by Gasteiger charge is 2.17. The summed E-state index contributed by atoms with van der Waals surface area (Å²) in [6.45, 7) is 5.01. The molecule has 102 valence electrons. The number of halogens is 1. The molecule has 0 aliphatic rings. The van der Waals surface area contributed by atoms with Crippen LogP contribution < -0.4 is 5.32 Å². The number of nitrogens with zero attached hydrogens (tertiary/aromatic N) is 2. The predicted octanol–water partition coefficient (Wildman–Crippen LogP) is 2.96. The van der Waals surface area contributed by atoms with Crippen LogP contribution in [0.15, 0.2) is 30.6 Å². The first-order valence-corrected chi connectivity index (χ1v) is 6.59. The van der Waals surface area contributed by atoms with E-state index in [-0.39, 0.29) is 11.9 Å². The van der Waals surface area contributed by atoms with Gasteiger partial charge in [-0.1, -0.05) is 13.0 Å². The van der Waals surface area contributed by atoms with Gasteiger partial charge in [-0.25, -0.2) is 4.39 Å². The molecule has 0 radical (unpaired) electrons. The quantitative estimate of drug-likeness (QED) is 0.896. The number of nitrogens with one attached hydrogen (secondary N) is 1. The van der Waals surface area contributed by atoms with E-state index in [4.69, 9.17) is 0 Å². The van der Waals surface area contributed by atoms with E-state index >= 15 is 0 Å². The fraction of sp³-hybridized carbons (Fsp3) is 0.400. The minimum Gasteiger partial charge on any atom is -0.306 e. The van der Waals surface area contributed by atoms with Crippen LogP contribution in [0.25, 0.3) is 0 Å². The summed E-state index contributed by atoms with van der Waals surface area (Å²) in [4.78, 5) is 0. The first kappa shape index (κ1) is 13.7. The molecule has 1 aromatic carbocycles. The first-order valence-electron chi connectivity index (χ1n) is 6.59. The molecule has 0 saturated heterocycles. The van der Waals surface area contributed by atoms with Gasteiger partial charge in [-0.3, -0.25) is 4.68 Å². The Hall–Kier alpha value is -1.68. The molecule has 0 aliphatic heterocycles. The Balaban J connectivity index is 2.39. The number of hydrogen-bond donors (Lipinski definition) is 1. The van der Waals surface area contributed by atoms with Crippen LogP contribution in [0, 0.1) is 12.7 Å². The van der Waals surface area contributed by atoms with Crippen molar-refractivity contribution in [3.63, 3.8) is 0 Å². The summed E-state index contributed by atoms with van der Waals surface area (Å²) >= 11 is 0. The number of rotatable bonds is 5. The second-order valence-corrected chi connectivity index (χ2v) is 4.84. The molecule has 1 unspecified atom stereocenters. The standard InChI is InChI=1S/C15H20FN3/c1-4-7-17-15(12-9-18-19(3)10-12)14-8-13(16)6-5-11(14)2/h5-6,8-10,15,17H,4,7H2,1-3H3. The lowest BCUT2D eigenvalue weighted by Crippen LogP contribution is -2.23. The Labute approximate surface area is 113 Å². The summed E-state index contributed by atoms with van der Waals surface area (Å²) in [7, 11) is 1.89.